The van der Waals surface area contributed by atoms with E-state index in [2.05, 4.69) is 43.2 Å². The second-order valence-corrected chi connectivity index (χ2v) is 6.83. The van der Waals surface area contributed by atoms with E-state index >= 15 is 0 Å². The van der Waals surface area contributed by atoms with Gasteiger partial charge in [0, 0.05) is 11.4 Å². The van der Waals surface area contributed by atoms with Crippen LogP contribution < -0.4 is 0 Å². The Bertz CT molecular complexity index is 842. The third-order valence-electron chi connectivity index (χ3n) is 3.94. The third-order valence-corrected chi connectivity index (χ3v) is 4.20. The number of halogens is 1. The standard InChI is InChI=1S/C19H20ClN3/c1-19(2,3)15(13-20)18(14-9-5-4-6-10-14)23-17-12-8-7-11-16(17)21-22-23/h4-12H,13H2,1-3H3/b18-15-. The molecule has 0 bridgehead atoms. The maximum atomic E-state index is 6.35. The topological polar surface area (TPSA) is 30.7 Å². The number of aromatic nitrogens is 3. The average molecular weight is 326 g/mol. The molecule has 0 aliphatic rings. The van der Waals surface area contributed by atoms with Gasteiger partial charge in [-0.05, 0) is 23.1 Å². The Morgan fingerprint density at radius 2 is 1.65 bits per heavy atom. The van der Waals surface area contributed by atoms with Crippen molar-refractivity contribution in [3.63, 3.8) is 0 Å². The van der Waals surface area contributed by atoms with Gasteiger partial charge < -0.3 is 0 Å². The summed E-state index contributed by atoms with van der Waals surface area (Å²) in [7, 11) is 0. The lowest BCUT2D eigenvalue weighted by atomic mass is 9.84. The number of allylic oxidation sites excluding steroid dienone is 1. The smallest absolute Gasteiger partial charge is 0.113 e. The van der Waals surface area contributed by atoms with Crippen molar-refractivity contribution in [2.75, 3.05) is 5.88 Å². The fourth-order valence-corrected chi connectivity index (χ4v) is 3.20. The largest absolute Gasteiger partial charge is 0.212 e. The third kappa shape index (κ3) is 3.02. The summed E-state index contributed by atoms with van der Waals surface area (Å²) in [6.45, 7) is 6.52. The first-order chi connectivity index (χ1) is 11.0. The molecule has 3 aromatic rings. The lowest BCUT2D eigenvalue weighted by Crippen LogP contribution is -2.17. The molecule has 4 heteroatoms. The minimum Gasteiger partial charge on any atom is -0.212 e. The second-order valence-electron chi connectivity index (χ2n) is 6.57. The summed E-state index contributed by atoms with van der Waals surface area (Å²) in [5.74, 6) is 0.446. The van der Waals surface area contributed by atoms with Gasteiger partial charge in [-0.2, -0.15) is 0 Å². The first-order valence-electron chi connectivity index (χ1n) is 7.68. The highest BCUT2D eigenvalue weighted by Gasteiger charge is 2.24. The second kappa shape index (κ2) is 6.17. The summed E-state index contributed by atoms with van der Waals surface area (Å²) in [5.41, 5.74) is 5.04. The number of hydrogen-bond donors (Lipinski definition) is 0. The number of fused-ring (bicyclic) bond motifs is 1. The van der Waals surface area contributed by atoms with Gasteiger partial charge in [0.2, 0.25) is 0 Å². The van der Waals surface area contributed by atoms with Gasteiger partial charge in [0.1, 0.15) is 5.52 Å². The summed E-state index contributed by atoms with van der Waals surface area (Å²) < 4.78 is 1.91. The molecule has 1 aromatic heterocycles. The van der Waals surface area contributed by atoms with E-state index in [1.807, 2.05) is 47.1 Å². The highest BCUT2D eigenvalue weighted by Crippen LogP contribution is 2.35. The van der Waals surface area contributed by atoms with E-state index in [0.717, 1.165) is 27.9 Å². The zero-order valence-electron chi connectivity index (χ0n) is 13.6. The van der Waals surface area contributed by atoms with Crippen LogP contribution in [-0.2, 0) is 0 Å². The van der Waals surface area contributed by atoms with E-state index < -0.39 is 0 Å². The molecule has 118 valence electrons. The molecule has 1 heterocycles. The molecule has 0 aliphatic heterocycles. The summed E-state index contributed by atoms with van der Waals surface area (Å²) in [6.07, 6.45) is 0. The van der Waals surface area contributed by atoms with E-state index in [0.29, 0.717) is 5.88 Å². The molecule has 3 rings (SSSR count). The van der Waals surface area contributed by atoms with E-state index in [-0.39, 0.29) is 5.41 Å². The maximum absolute atomic E-state index is 6.35. The zero-order chi connectivity index (χ0) is 16.4. The summed E-state index contributed by atoms with van der Waals surface area (Å²) >= 11 is 6.35. The molecule has 0 aliphatic carbocycles. The molecule has 0 saturated heterocycles. The molecule has 23 heavy (non-hydrogen) atoms. The van der Waals surface area contributed by atoms with Crippen molar-refractivity contribution in [1.82, 2.24) is 15.0 Å². The van der Waals surface area contributed by atoms with Crippen molar-refractivity contribution < 1.29 is 0 Å². The highest BCUT2D eigenvalue weighted by atomic mass is 35.5. The predicted octanol–water partition coefficient (Wildman–Crippen LogP) is 4.98. The fraction of sp³-hybridized carbons (Fsp3) is 0.263. The van der Waals surface area contributed by atoms with Crippen LogP contribution in [0.25, 0.3) is 16.7 Å². The summed E-state index contributed by atoms with van der Waals surface area (Å²) in [4.78, 5) is 0. The minimum atomic E-state index is -0.0695. The number of nitrogens with zero attached hydrogens (tertiary/aromatic N) is 3. The van der Waals surface area contributed by atoms with Gasteiger partial charge in [0.15, 0.2) is 0 Å². The van der Waals surface area contributed by atoms with Crippen LogP contribution in [-0.4, -0.2) is 20.9 Å². The van der Waals surface area contributed by atoms with Gasteiger partial charge in [0.25, 0.3) is 0 Å². The van der Waals surface area contributed by atoms with Gasteiger partial charge in [-0.1, -0.05) is 68.4 Å². The highest BCUT2D eigenvalue weighted by molar-refractivity contribution is 6.20. The Morgan fingerprint density at radius 1 is 1.00 bits per heavy atom. The van der Waals surface area contributed by atoms with Gasteiger partial charge in [-0.15, -0.1) is 16.7 Å². The molecule has 0 radical (unpaired) electrons. The van der Waals surface area contributed by atoms with Crippen molar-refractivity contribution in [3.05, 3.63) is 65.7 Å². The molecule has 0 saturated carbocycles. The number of rotatable bonds is 3. The molecule has 0 fully saturated rings. The number of para-hydroxylation sites is 1. The van der Waals surface area contributed by atoms with E-state index in [9.17, 15) is 0 Å². The Hall–Kier alpha value is -2.13. The predicted molar refractivity (Wildman–Crippen MR) is 96.5 cm³/mol. The molecule has 0 unspecified atom stereocenters. The van der Waals surface area contributed by atoms with Crippen LogP contribution in [0.1, 0.15) is 26.3 Å². The van der Waals surface area contributed by atoms with Crippen LogP contribution in [0.4, 0.5) is 0 Å². The number of alkyl halides is 1. The SMILES string of the molecule is CC(C)(C)/C(CCl)=C(/c1ccccc1)n1nnc2ccccc21. The van der Waals surface area contributed by atoms with Crippen molar-refractivity contribution in [2.45, 2.75) is 20.8 Å². The van der Waals surface area contributed by atoms with Crippen LogP contribution in [0.15, 0.2) is 60.2 Å². The van der Waals surface area contributed by atoms with Crippen molar-refractivity contribution >= 4 is 28.3 Å². The molecular weight excluding hydrogens is 306 g/mol. The molecule has 0 N–H and O–H groups in total. The van der Waals surface area contributed by atoms with E-state index in [4.69, 9.17) is 11.6 Å². The Labute approximate surface area is 141 Å². The van der Waals surface area contributed by atoms with Crippen LogP contribution in [0.2, 0.25) is 0 Å². The Balaban J connectivity index is 2.35. The van der Waals surface area contributed by atoms with Crippen LogP contribution in [0.5, 0.6) is 0 Å². The van der Waals surface area contributed by atoms with Gasteiger partial charge in [-0.3, -0.25) is 0 Å². The van der Waals surface area contributed by atoms with Crippen molar-refractivity contribution in [3.8, 4) is 0 Å². The maximum Gasteiger partial charge on any atom is 0.113 e. The summed E-state index contributed by atoms with van der Waals surface area (Å²) in [5, 5.41) is 8.70. The molecule has 2 aromatic carbocycles. The Morgan fingerprint density at radius 3 is 2.30 bits per heavy atom. The molecule has 3 nitrogen and oxygen atoms in total. The van der Waals surface area contributed by atoms with Crippen LogP contribution in [0.3, 0.4) is 0 Å². The van der Waals surface area contributed by atoms with Gasteiger partial charge in [-0.25, -0.2) is 4.68 Å². The molecule has 0 atom stereocenters. The van der Waals surface area contributed by atoms with Crippen LogP contribution >= 0.6 is 11.6 Å². The number of hydrogen-bond acceptors (Lipinski definition) is 2. The molecule has 0 spiro atoms. The zero-order valence-corrected chi connectivity index (χ0v) is 14.4. The Kier molecular flexibility index (Phi) is 4.22. The first-order valence-corrected chi connectivity index (χ1v) is 8.21. The van der Waals surface area contributed by atoms with Gasteiger partial charge >= 0.3 is 0 Å². The van der Waals surface area contributed by atoms with E-state index in [1.54, 1.807) is 0 Å². The van der Waals surface area contributed by atoms with E-state index in [1.165, 1.54) is 0 Å². The normalized spacial score (nSPS) is 13.2. The molecule has 0 amide bonds. The quantitative estimate of drug-likeness (QED) is 0.636. The average Bonchev–Trinajstić information content (AvgIpc) is 2.96. The summed E-state index contributed by atoms with van der Waals surface area (Å²) in [6, 6.07) is 18.2. The van der Waals surface area contributed by atoms with Crippen molar-refractivity contribution in [2.24, 2.45) is 5.41 Å². The van der Waals surface area contributed by atoms with Crippen LogP contribution in [0, 0.1) is 5.41 Å². The first kappa shape index (κ1) is 15.8. The minimum absolute atomic E-state index is 0.0695. The number of benzene rings is 2. The monoisotopic (exact) mass is 325 g/mol. The van der Waals surface area contributed by atoms with Crippen molar-refractivity contribution in [1.29, 1.82) is 0 Å². The lowest BCUT2D eigenvalue weighted by molar-refractivity contribution is 0.504. The fourth-order valence-electron chi connectivity index (χ4n) is 2.67. The lowest BCUT2D eigenvalue weighted by Gasteiger charge is -2.25. The van der Waals surface area contributed by atoms with Gasteiger partial charge in [0.05, 0.1) is 11.2 Å². The molecular formula is C19H20ClN3.